The monoisotopic (exact) mass is 353 g/mol. The Morgan fingerprint density at radius 2 is 1.83 bits per heavy atom. The van der Waals surface area contributed by atoms with Gasteiger partial charge in [-0.05, 0) is 12.8 Å². The van der Waals surface area contributed by atoms with Crippen LogP contribution in [-0.4, -0.2) is 27.7 Å². The first-order chi connectivity index (χ1) is 11.6. The molecule has 1 aromatic heterocycles. The molecule has 0 saturated heterocycles. The smallest absolute Gasteiger partial charge is 0.230 e. The average Bonchev–Trinajstić information content (AvgIpc) is 2.90. The molecule has 1 heterocycles. The SMILES string of the molecule is O=C(CSc1nc2cc(F)c(F)cc2[nH]1)NC1CCCCCCC1. The number of benzene rings is 1. The number of hydrogen-bond acceptors (Lipinski definition) is 3. The molecular weight excluding hydrogens is 332 g/mol. The molecule has 2 N–H and O–H groups in total. The second-order valence-corrected chi connectivity index (χ2v) is 7.19. The molecule has 0 atom stereocenters. The van der Waals surface area contributed by atoms with Crippen molar-refractivity contribution in [2.45, 2.75) is 56.1 Å². The lowest BCUT2D eigenvalue weighted by Crippen LogP contribution is -2.36. The molecule has 1 amide bonds. The Morgan fingerprint density at radius 1 is 1.17 bits per heavy atom. The van der Waals surface area contributed by atoms with Crippen LogP contribution < -0.4 is 5.32 Å². The van der Waals surface area contributed by atoms with E-state index in [1.54, 1.807) is 0 Å². The van der Waals surface area contributed by atoms with E-state index in [2.05, 4.69) is 15.3 Å². The van der Waals surface area contributed by atoms with Crippen LogP contribution in [0.15, 0.2) is 17.3 Å². The van der Waals surface area contributed by atoms with Crippen molar-refractivity contribution in [2.75, 3.05) is 5.75 Å². The van der Waals surface area contributed by atoms with Gasteiger partial charge in [0.15, 0.2) is 16.8 Å². The summed E-state index contributed by atoms with van der Waals surface area (Å²) in [5.41, 5.74) is 0.786. The number of aromatic nitrogens is 2. The Labute approximate surface area is 143 Å². The minimum atomic E-state index is -0.924. The van der Waals surface area contributed by atoms with E-state index in [1.807, 2.05) is 0 Å². The van der Waals surface area contributed by atoms with Gasteiger partial charge in [0.25, 0.3) is 0 Å². The van der Waals surface area contributed by atoms with E-state index in [0.29, 0.717) is 16.2 Å². The second-order valence-electron chi connectivity index (χ2n) is 6.22. The number of H-pyrrole nitrogens is 1. The van der Waals surface area contributed by atoms with E-state index < -0.39 is 11.6 Å². The Morgan fingerprint density at radius 3 is 2.58 bits per heavy atom. The Hall–Kier alpha value is -1.63. The number of carbonyl (C=O) groups is 1. The van der Waals surface area contributed by atoms with Gasteiger partial charge in [-0.25, -0.2) is 13.8 Å². The molecule has 130 valence electrons. The van der Waals surface area contributed by atoms with Crippen molar-refractivity contribution in [3.05, 3.63) is 23.8 Å². The lowest BCUT2D eigenvalue weighted by atomic mass is 9.97. The zero-order valence-corrected chi connectivity index (χ0v) is 14.2. The quantitative estimate of drug-likeness (QED) is 0.812. The van der Waals surface area contributed by atoms with Gasteiger partial charge in [-0.15, -0.1) is 0 Å². The Kier molecular flexibility index (Phi) is 5.71. The average molecular weight is 353 g/mol. The molecule has 7 heteroatoms. The maximum atomic E-state index is 13.2. The molecule has 3 rings (SSSR count). The van der Waals surface area contributed by atoms with Crippen LogP contribution in [0.2, 0.25) is 0 Å². The third-order valence-electron chi connectivity index (χ3n) is 4.31. The van der Waals surface area contributed by atoms with E-state index in [1.165, 1.54) is 43.9 Å². The third-order valence-corrected chi connectivity index (χ3v) is 5.19. The van der Waals surface area contributed by atoms with Crippen LogP contribution in [0.1, 0.15) is 44.9 Å². The van der Waals surface area contributed by atoms with Gasteiger partial charge in [-0.1, -0.05) is 43.9 Å². The predicted molar refractivity (Wildman–Crippen MR) is 91.0 cm³/mol. The van der Waals surface area contributed by atoms with Gasteiger partial charge >= 0.3 is 0 Å². The largest absolute Gasteiger partial charge is 0.353 e. The van der Waals surface area contributed by atoms with E-state index in [-0.39, 0.29) is 17.7 Å². The zero-order chi connectivity index (χ0) is 16.9. The fourth-order valence-corrected chi connectivity index (χ4v) is 3.75. The van der Waals surface area contributed by atoms with Crippen LogP contribution in [0.3, 0.4) is 0 Å². The number of fused-ring (bicyclic) bond motifs is 1. The lowest BCUT2D eigenvalue weighted by Gasteiger charge is -2.20. The molecule has 1 fully saturated rings. The number of rotatable bonds is 4. The third kappa shape index (κ3) is 4.47. The lowest BCUT2D eigenvalue weighted by molar-refractivity contribution is -0.119. The molecule has 2 aromatic rings. The number of thioether (sulfide) groups is 1. The van der Waals surface area contributed by atoms with Crippen molar-refractivity contribution >= 4 is 28.7 Å². The van der Waals surface area contributed by atoms with E-state index in [0.717, 1.165) is 25.0 Å². The summed E-state index contributed by atoms with van der Waals surface area (Å²) in [6, 6.07) is 2.40. The maximum Gasteiger partial charge on any atom is 0.230 e. The highest BCUT2D eigenvalue weighted by Crippen LogP contribution is 2.22. The fraction of sp³-hybridized carbons (Fsp3) is 0.529. The molecule has 1 aliphatic carbocycles. The summed E-state index contributed by atoms with van der Waals surface area (Å²) in [6.07, 6.45) is 8.20. The molecule has 24 heavy (non-hydrogen) atoms. The van der Waals surface area contributed by atoms with E-state index >= 15 is 0 Å². The first-order valence-electron chi connectivity index (χ1n) is 8.39. The Bertz CT molecular complexity index is 672. The van der Waals surface area contributed by atoms with Crippen LogP contribution in [0.5, 0.6) is 0 Å². The van der Waals surface area contributed by atoms with Gasteiger partial charge in [0.05, 0.1) is 16.8 Å². The minimum Gasteiger partial charge on any atom is -0.353 e. The first kappa shape index (κ1) is 17.2. The van der Waals surface area contributed by atoms with Gasteiger partial charge in [0, 0.05) is 18.2 Å². The van der Waals surface area contributed by atoms with Crippen molar-refractivity contribution in [1.82, 2.24) is 15.3 Å². The van der Waals surface area contributed by atoms with Gasteiger partial charge < -0.3 is 10.3 Å². The van der Waals surface area contributed by atoms with Crippen molar-refractivity contribution < 1.29 is 13.6 Å². The molecule has 1 aliphatic rings. The summed E-state index contributed by atoms with van der Waals surface area (Å²) < 4.78 is 26.4. The summed E-state index contributed by atoms with van der Waals surface area (Å²) in [5, 5.41) is 3.58. The predicted octanol–water partition coefficient (Wildman–Crippen LogP) is 4.16. The molecule has 0 radical (unpaired) electrons. The standard InChI is InChI=1S/C17H21F2N3OS/c18-12-8-14-15(9-13(12)19)22-17(21-14)24-10-16(23)20-11-6-4-2-1-3-5-7-11/h8-9,11H,1-7,10H2,(H,20,23)(H,21,22). The maximum absolute atomic E-state index is 13.2. The van der Waals surface area contributed by atoms with Crippen molar-refractivity contribution in [1.29, 1.82) is 0 Å². The first-order valence-corrected chi connectivity index (χ1v) is 9.37. The number of aromatic amines is 1. The summed E-state index contributed by atoms with van der Waals surface area (Å²) in [5.74, 6) is -1.62. The van der Waals surface area contributed by atoms with E-state index in [4.69, 9.17) is 0 Å². The van der Waals surface area contributed by atoms with Crippen LogP contribution in [0.25, 0.3) is 11.0 Å². The van der Waals surface area contributed by atoms with Crippen molar-refractivity contribution in [3.8, 4) is 0 Å². The summed E-state index contributed by atoms with van der Waals surface area (Å²) in [6.45, 7) is 0. The van der Waals surface area contributed by atoms with Crippen LogP contribution in [-0.2, 0) is 4.79 Å². The van der Waals surface area contributed by atoms with Crippen molar-refractivity contribution in [2.24, 2.45) is 0 Å². The van der Waals surface area contributed by atoms with Gasteiger partial charge in [-0.3, -0.25) is 4.79 Å². The number of imidazole rings is 1. The molecule has 0 aliphatic heterocycles. The number of nitrogens with zero attached hydrogens (tertiary/aromatic N) is 1. The van der Waals surface area contributed by atoms with Crippen LogP contribution in [0, 0.1) is 11.6 Å². The molecule has 0 bridgehead atoms. The summed E-state index contributed by atoms with van der Waals surface area (Å²) in [7, 11) is 0. The highest BCUT2D eigenvalue weighted by Gasteiger charge is 2.15. The molecular formula is C17H21F2N3OS. The van der Waals surface area contributed by atoms with Gasteiger partial charge in [-0.2, -0.15) is 0 Å². The number of hydrogen-bond donors (Lipinski definition) is 2. The number of amides is 1. The van der Waals surface area contributed by atoms with Crippen LogP contribution >= 0.6 is 11.8 Å². The zero-order valence-electron chi connectivity index (χ0n) is 13.4. The number of carbonyl (C=O) groups excluding carboxylic acids is 1. The highest BCUT2D eigenvalue weighted by atomic mass is 32.2. The fourth-order valence-electron chi connectivity index (χ4n) is 3.05. The summed E-state index contributed by atoms with van der Waals surface area (Å²) in [4.78, 5) is 19.2. The van der Waals surface area contributed by atoms with Crippen LogP contribution in [0.4, 0.5) is 8.78 Å². The normalized spacial score (nSPS) is 16.8. The number of nitrogens with one attached hydrogen (secondary N) is 2. The van der Waals surface area contributed by atoms with E-state index in [9.17, 15) is 13.6 Å². The van der Waals surface area contributed by atoms with Gasteiger partial charge in [0.2, 0.25) is 5.91 Å². The van der Waals surface area contributed by atoms with Gasteiger partial charge in [0.1, 0.15) is 0 Å². The topological polar surface area (TPSA) is 57.8 Å². The molecule has 0 spiro atoms. The minimum absolute atomic E-state index is 0.0246. The summed E-state index contributed by atoms with van der Waals surface area (Å²) >= 11 is 1.24. The second kappa shape index (κ2) is 7.96. The molecule has 4 nitrogen and oxygen atoms in total. The molecule has 1 saturated carbocycles. The Balaban J connectivity index is 1.53. The molecule has 1 aromatic carbocycles. The number of halogens is 2. The highest BCUT2D eigenvalue weighted by molar-refractivity contribution is 7.99. The molecule has 0 unspecified atom stereocenters. The van der Waals surface area contributed by atoms with Crippen molar-refractivity contribution in [3.63, 3.8) is 0 Å².